The number of phosphoric acid groups is 2. The van der Waals surface area contributed by atoms with E-state index < -0.39 is 108 Å². The second-order valence-electron chi connectivity index (χ2n) is 8.19. The third-order valence-electron chi connectivity index (χ3n) is 5.49. The smallest absolute Gasteiger partial charge is 0.394 e. The Labute approximate surface area is 221 Å². The van der Waals surface area contributed by atoms with Gasteiger partial charge in [0.1, 0.15) is 42.7 Å². The van der Waals surface area contributed by atoms with Gasteiger partial charge in [-0.15, -0.1) is 0 Å². The molecule has 1 aromatic heterocycles. The SMILES string of the molecule is [2H]C([2H])([2H])C(=O)N[C@H]1[C@@H](OP(=O)(O)OP(=O)(O)OC[C@H]2O[C@@H](n3ccc(=O)[nH]c3=O)[C@H](O)[C@@H]2O)O[C@H](CO)[C@@H](O)[C@@H]1O. The molecule has 0 aliphatic carbocycles. The van der Waals surface area contributed by atoms with E-state index in [1.807, 2.05) is 4.98 Å². The Balaban J connectivity index is 1.69. The van der Waals surface area contributed by atoms with Gasteiger partial charge in [0.05, 0.1) is 13.2 Å². The maximum absolute atomic E-state index is 12.5. The van der Waals surface area contributed by atoms with Gasteiger partial charge in [-0.1, -0.05) is 0 Å². The number of H-pyrrole nitrogens is 1. The molecule has 0 aromatic carbocycles. The minimum Gasteiger partial charge on any atom is -0.394 e. The predicted molar refractivity (Wildman–Crippen MR) is 120 cm³/mol. The van der Waals surface area contributed by atoms with E-state index in [0.717, 1.165) is 12.3 Å². The molecule has 3 heterocycles. The molecule has 0 spiro atoms. The first-order valence-corrected chi connectivity index (χ1v) is 13.7. The quantitative estimate of drug-likeness (QED) is 0.112. The molecular weight excluding hydrogens is 580 g/mol. The van der Waals surface area contributed by atoms with Crippen LogP contribution in [0.15, 0.2) is 21.9 Å². The van der Waals surface area contributed by atoms with Crippen molar-refractivity contribution in [2.24, 2.45) is 0 Å². The Morgan fingerprint density at radius 1 is 1.10 bits per heavy atom. The van der Waals surface area contributed by atoms with E-state index in [4.69, 9.17) is 13.6 Å². The molecule has 0 radical (unpaired) electrons. The van der Waals surface area contributed by atoms with Crippen LogP contribution in [0.3, 0.4) is 0 Å². The van der Waals surface area contributed by atoms with Crippen LogP contribution in [-0.2, 0) is 36.8 Å². The zero-order chi connectivity index (χ0) is 31.8. The summed E-state index contributed by atoms with van der Waals surface area (Å²) >= 11 is 0. The fourth-order valence-electron chi connectivity index (χ4n) is 3.67. The van der Waals surface area contributed by atoms with E-state index in [0.29, 0.717) is 4.57 Å². The van der Waals surface area contributed by atoms with Crippen molar-refractivity contribution < 1.29 is 76.2 Å². The minimum atomic E-state index is -5.81. The van der Waals surface area contributed by atoms with Gasteiger partial charge >= 0.3 is 21.3 Å². The lowest BCUT2D eigenvalue weighted by atomic mass is 9.97. The predicted octanol–water partition coefficient (Wildman–Crippen LogP) is -4.65. The first kappa shape index (κ1) is 27.3. The molecule has 2 aliphatic heterocycles. The molecule has 2 aliphatic rings. The number of aromatic amines is 1. The fourth-order valence-corrected chi connectivity index (χ4v) is 5.84. The Morgan fingerprint density at radius 2 is 1.77 bits per heavy atom. The van der Waals surface area contributed by atoms with E-state index in [9.17, 15) is 58.8 Å². The minimum absolute atomic E-state index is 0.691. The number of phosphoric ester groups is 2. The maximum atomic E-state index is 12.5. The molecule has 9 N–H and O–H groups in total. The summed E-state index contributed by atoms with van der Waals surface area (Å²) in [5, 5.41) is 51.7. The van der Waals surface area contributed by atoms with Crippen molar-refractivity contribution in [3.63, 3.8) is 0 Å². The highest BCUT2D eigenvalue weighted by Crippen LogP contribution is 2.61. The summed E-state index contributed by atoms with van der Waals surface area (Å²) < 4.78 is 70.4. The Hall–Kier alpha value is -1.87. The number of hydrogen-bond acceptors (Lipinski definition) is 15. The van der Waals surface area contributed by atoms with Gasteiger partial charge in [0.15, 0.2) is 12.5 Å². The van der Waals surface area contributed by atoms with Crippen LogP contribution in [0.2, 0.25) is 0 Å². The molecule has 1 aromatic rings. The van der Waals surface area contributed by atoms with Crippen molar-refractivity contribution in [1.29, 1.82) is 0 Å². The number of aromatic nitrogens is 2. The van der Waals surface area contributed by atoms with Gasteiger partial charge in [-0.25, -0.2) is 13.9 Å². The molecule has 0 saturated carbocycles. The van der Waals surface area contributed by atoms with Gasteiger partial charge in [0.25, 0.3) is 5.56 Å². The van der Waals surface area contributed by atoms with Crippen LogP contribution >= 0.6 is 15.6 Å². The van der Waals surface area contributed by atoms with Gasteiger partial charge < -0.3 is 50.1 Å². The highest BCUT2D eigenvalue weighted by atomic mass is 31.3. The zero-order valence-electron chi connectivity index (χ0n) is 22.3. The molecule has 3 rings (SSSR count). The van der Waals surface area contributed by atoms with Crippen LogP contribution in [0.5, 0.6) is 0 Å². The normalized spacial score (nSPS) is 37.6. The van der Waals surface area contributed by atoms with Crippen molar-refractivity contribution in [3.8, 4) is 0 Å². The summed E-state index contributed by atoms with van der Waals surface area (Å²) in [7, 11) is -11.4. The number of nitrogens with one attached hydrogen (secondary N) is 2. The average molecular weight is 610 g/mol. The number of ether oxygens (including phenoxy) is 2. The number of hydrogen-bond donors (Lipinski definition) is 9. The van der Waals surface area contributed by atoms with E-state index in [-0.39, 0.29) is 0 Å². The average Bonchev–Trinajstić information content (AvgIpc) is 3.14. The third-order valence-corrected chi connectivity index (χ3v) is 8.09. The number of aliphatic hydroxyl groups is 5. The van der Waals surface area contributed by atoms with Crippen LogP contribution in [0.4, 0.5) is 0 Å². The molecule has 22 heteroatoms. The number of carbonyl (C=O) groups excluding carboxylic acids is 1. The molecule has 222 valence electrons. The van der Waals surface area contributed by atoms with Crippen LogP contribution in [-0.4, -0.2) is 113 Å². The van der Waals surface area contributed by atoms with E-state index >= 15 is 0 Å². The molecule has 1 amide bonds. The van der Waals surface area contributed by atoms with Gasteiger partial charge in [0, 0.05) is 23.2 Å². The largest absolute Gasteiger partial charge is 0.483 e. The van der Waals surface area contributed by atoms with E-state index in [1.54, 1.807) is 5.32 Å². The van der Waals surface area contributed by atoms with Gasteiger partial charge in [0.2, 0.25) is 5.91 Å². The second-order valence-corrected chi connectivity index (χ2v) is 11.2. The number of rotatable bonds is 10. The lowest BCUT2D eigenvalue weighted by Crippen LogP contribution is -2.64. The van der Waals surface area contributed by atoms with Crippen molar-refractivity contribution >= 4 is 21.6 Å². The van der Waals surface area contributed by atoms with Crippen molar-refractivity contribution in [2.45, 2.75) is 62.0 Å². The molecule has 20 nitrogen and oxygen atoms in total. The Kier molecular flexibility index (Phi) is 8.63. The Morgan fingerprint density at radius 3 is 2.38 bits per heavy atom. The van der Waals surface area contributed by atoms with Gasteiger partial charge in [-0.2, -0.15) is 4.31 Å². The summed E-state index contributed by atoms with van der Waals surface area (Å²) in [5.41, 5.74) is -1.81. The highest BCUT2D eigenvalue weighted by molar-refractivity contribution is 7.61. The number of nitrogens with zero attached hydrogens (tertiary/aromatic N) is 1. The first-order valence-electron chi connectivity index (χ1n) is 12.2. The standard InChI is InChI=1S/C17H27N3O17P2/c1-6(22)18-10-13(26)11(24)7(4-21)35-16(10)36-39(31,32)37-38(29,30)33-5-8-12(25)14(27)15(34-8)20-3-2-9(23)19-17(20)28/h2-3,7-8,10-16,21,24-27H,4-5H2,1H3,(H,18,22)(H,29,30)(H,31,32)(H,19,23,28)/t7-,8-,10-,11-,12-,13-,14-,15-,16-/m1/s1/i1D3. The second kappa shape index (κ2) is 12.3. The molecule has 2 saturated heterocycles. The Bertz CT molecular complexity index is 1340. The van der Waals surface area contributed by atoms with Crippen LogP contribution in [0.25, 0.3) is 0 Å². The summed E-state index contributed by atoms with van der Waals surface area (Å²) in [4.78, 5) is 57.0. The molecule has 0 bridgehead atoms. The molecular formula is C17H27N3O17P2. The monoisotopic (exact) mass is 610 g/mol. The molecule has 39 heavy (non-hydrogen) atoms. The van der Waals surface area contributed by atoms with Crippen LogP contribution < -0.4 is 16.6 Å². The highest BCUT2D eigenvalue weighted by Gasteiger charge is 2.50. The van der Waals surface area contributed by atoms with Gasteiger partial charge in [-0.05, 0) is 0 Å². The number of aliphatic hydroxyl groups excluding tert-OH is 5. The van der Waals surface area contributed by atoms with Crippen LogP contribution in [0, 0.1) is 0 Å². The zero-order valence-corrected chi connectivity index (χ0v) is 21.1. The fraction of sp³-hybridized carbons (Fsp3) is 0.706. The maximum Gasteiger partial charge on any atom is 0.483 e. The van der Waals surface area contributed by atoms with Crippen molar-refractivity contribution in [2.75, 3.05) is 13.2 Å². The summed E-state index contributed by atoms with van der Waals surface area (Å²) in [6.07, 6.45) is -14.2. The first-order chi connectivity index (χ1) is 19.3. The van der Waals surface area contributed by atoms with E-state index in [1.165, 1.54) is 0 Å². The van der Waals surface area contributed by atoms with Crippen molar-refractivity contribution in [3.05, 3.63) is 33.1 Å². The van der Waals surface area contributed by atoms with Crippen LogP contribution in [0.1, 0.15) is 17.2 Å². The molecule has 2 fully saturated rings. The lowest BCUT2D eigenvalue weighted by Gasteiger charge is -2.42. The number of carbonyl (C=O) groups is 1. The van der Waals surface area contributed by atoms with Gasteiger partial charge in [-0.3, -0.25) is 28.2 Å². The molecule has 2 unspecified atom stereocenters. The summed E-state index contributed by atoms with van der Waals surface area (Å²) in [6.45, 7) is -5.42. The van der Waals surface area contributed by atoms with Crippen molar-refractivity contribution in [1.82, 2.24) is 14.9 Å². The summed E-state index contributed by atoms with van der Waals surface area (Å²) in [6, 6.07) is -1.18. The third kappa shape index (κ3) is 7.66. The van der Waals surface area contributed by atoms with E-state index in [2.05, 4.69) is 13.4 Å². The topological polar surface area (TPSA) is 306 Å². The summed E-state index contributed by atoms with van der Waals surface area (Å²) in [5.74, 6) is -1.72. The molecule has 11 atom stereocenters. The number of amides is 1. The lowest BCUT2D eigenvalue weighted by molar-refractivity contribution is -0.247.